The molecule has 2 aromatic carbocycles. The second kappa shape index (κ2) is 5.73. The van der Waals surface area contributed by atoms with E-state index in [1.54, 1.807) is 31.2 Å². The van der Waals surface area contributed by atoms with Crippen molar-refractivity contribution in [2.45, 2.75) is 6.92 Å². The Labute approximate surface area is 137 Å². The zero-order valence-electron chi connectivity index (χ0n) is 12.9. The number of nitrogens with zero attached hydrogens (tertiary/aromatic N) is 1. The predicted octanol–water partition coefficient (Wildman–Crippen LogP) is 3.52. The summed E-state index contributed by atoms with van der Waals surface area (Å²) >= 11 is 0. The second-order valence-electron chi connectivity index (χ2n) is 5.35. The highest BCUT2D eigenvalue weighted by atomic mass is 16.7. The number of hydrogen-bond acceptors (Lipinski definition) is 5. The van der Waals surface area contributed by atoms with Crippen molar-refractivity contribution in [3.63, 3.8) is 0 Å². The summed E-state index contributed by atoms with van der Waals surface area (Å²) in [6, 6.07) is 10.8. The van der Waals surface area contributed by atoms with Gasteiger partial charge in [0.05, 0.1) is 0 Å². The summed E-state index contributed by atoms with van der Waals surface area (Å²) in [7, 11) is 0. The molecule has 1 aliphatic heterocycles. The van der Waals surface area contributed by atoms with Crippen LogP contribution in [0.5, 0.6) is 11.5 Å². The van der Waals surface area contributed by atoms with Crippen LogP contribution in [-0.4, -0.2) is 17.7 Å². The maximum absolute atomic E-state index is 12.1. The number of fused-ring (bicyclic) bond motifs is 2. The fourth-order valence-electron chi connectivity index (χ4n) is 2.49. The summed E-state index contributed by atoms with van der Waals surface area (Å²) in [4.78, 5) is 16.3. The Kier molecular flexibility index (Phi) is 3.42. The maximum Gasteiger partial charge on any atom is 0.248 e. The maximum atomic E-state index is 12.1. The SMILES string of the molecule is Cc1nc2cc(NC(=O)/C=C/c3ccc4c(c3)OCO4)ccc2o1. The lowest BCUT2D eigenvalue weighted by Gasteiger charge is -2.01. The number of oxazole rings is 1. The van der Waals surface area contributed by atoms with Crippen molar-refractivity contribution < 1.29 is 18.7 Å². The van der Waals surface area contributed by atoms with Gasteiger partial charge in [0.1, 0.15) is 5.52 Å². The molecule has 0 unspecified atom stereocenters. The molecule has 4 rings (SSSR count). The molecule has 0 saturated heterocycles. The average molecular weight is 322 g/mol. The Morgan fingerprint density at radius 2 is 2.04 bits per heavy atom. The zero-order valence-corrected chi connectivity index (χ0v) is 12.9. The minimum Gasteiger partial charge on any atom is -0.454 e. The zero-order chi connectivity index (χ0) is 16.5. The molecule has 0 atom stereocenters. The number of nitrogens with one attached hydrogen (secondary N) is 1. The Balaban J connectivity index is 1.47. The van der Waals surface area contributed by atoms with Gasteiger partial charge in [0.25, 0.3) is 0 Å². The normalized spacial score (nSPS) is 12.9. The number of benzene rings is 2. The van der Waals surface area contributed by atoms with E-state index >= 15 is 0 Å². The number of rotatable bonds is 3. The number of hydrogen-bond donors (Lipinski definition) is 1. The summed E-state index contributed by atoms with van der Waals surface area (Å²) < 4.78 is 16.0. The third-order valence-corrected chi connectivity index (χ3v) is 3.59. The van der Waals surface area contributed by atoms with Crippen LogP contribution >= 0.6 is 0 Å². The first-order valence-corrected chi connectivity index (χ1v) is 7.43. The van der Waals surface area contributed by atoms with Crippen LogP contribution in [0.4, 0.5) is 5.69 Å². The van der Waals surface area contributed by atoms with Crippen molar-refractivity contribution in [2.75, 3.05) is 12.1 Å². The van der Waals surface area contributed by atoms with Crippen LogP contribution in [0.2, 0.25) is 0 Å². The molecular formula is C18H14N2O4. The van der Waals surface area contributed by atoms with Gasteiger partial charge >= 0.3 is 0 Å². The van der Waals surface area contributed by atoms with Crippen LogP contribution in [0.1, 0.15) is 11.5 Å². The molecule has 0 radical (unpaired) electrons. The van der Waals surface area contributed by atoms with Crippen LogP contribution in [0, 0.1) is 6.92 Å². The van der Waals surface area contributed by atoms with Crippen molar-refractivity contribution in [3.05, 3.63) is 53.9 Å². The largest absolute Gasteiger partial charge is 0.454 e. The van der Waals surface area contributed by atoms with Gasteiger partial charge < -0.3 is 19.2 Å². The van der Waals surface area contributed by atoms with E-state index in [1.165, 1.54) is 6.08 Å². The number of ether oxygens (including phenoxy) is 2. The van der Waals surface area contributed by atoms with Gasteiger partial charge in [-0.15, -0.1) is 0 Å². The predicted molar refractivity (Wildman–Crippen MR) is 89.0 cm³/mol. The first-order chi connectivity index (χ1) is 11.7. The van der Waals surface area contributed by atoms with Gasteiger partial charge in [0.15, 0.2) is 23.0 Å². The van der Waals surface area contributed by atoms with Crippen LogP contribution in [0.25, 0.3) is 17.2 Å². The lowest BCUT2D eigenvalue weighted by molar-refractivity contribution is -0.111. The van der Waals surface area contributed by atoms with Crippen molar-refractivity contribution in [1.82, 2.24) is 4.98 Å². The minimum atomic E-state index is -0.229. The molecule has 0 spiro atoms. The monoisotopic (exact) mass is 322 g/mol. The molecule has 1 N–H and O–H groups in total. The number of aryl methyl sites for hydroxylation is 1. The van der Waals surface area contributed by atoms with Gasteiger partial charge in [-0.05, 0) is 42.0 Å². The molecule has 0 aliphatic carbocycles. The molecule has 0 saturated carbocycles. The quantitative estimate of drug-likeness (QED) is 0.747. The van der Waals surface area contributed by atoms with Crippen LogP contribution in [-0.2, 0) is 4.79 Å². The van der Waals surface area contributed by atoms with E-state index in [9.17, 15) is 4.79 Å². The first kappa shape index (κ1) is 14.3. The third-order valence-electron chi connectivity index (χ3n) is 3.59. The highest BCUT2D eigenvalue weighted by Gasteiger charge is 2.12. The van der Waals surface area contributed by atoms with Crippen molar-refractivity contribution in [3.8, 4) is 11.5 Å². The third kappa shape index (κ3) is 2.81. The molecule has 24 heavy (non-hydrogen) atoms. The molecule has 6 heteroatoms. The summed E-state index contributed by atoms with van der Waals surface area (Å²) in [5, 5.41) is 2.80. The average Bonchev–Trinajstić information content (AvgIpc) is 3.17. The van der Waals surface area contributed by atoms with E-state index in [4.69, 9.17) is 13.9 Å². The fraction of sp³-hybridized carbons (Fsp3) is 0.111. The number of anilines is 1. The molecule has 3 aromatic rings. The number of aromatic nitrogens is 1. The smallest absolute Gasteiger partial charge is 0.248 e. The van der Waals surface area contributed by atoms with E-state index < -0.39 is 0 Å². The standard InChI is InChI=1S/C18H14N2O4/c1-11-19-14-9-13(4-6-15(14)24-11)20-18(21)7-3-12-2-5-16-17(8-12)23-10-22-16/h2-9H,10H2,1H3,(H,20,21)/b7-3+. The molecule has 0 fully saturated rings. The molecule has 6 nitrogen and oxygen atoms in total. The summed E-state index contributed by atoms with van der Waals surface area (Å²) in [6.07, 6.45) is 3.19. The number of carbonyl (C=O) groups is 1. The summed E-state index contributed by atoms with van der Waals surface area (Å²) in [5.41, 5.74) is 2.93. The van der Waals surface area contributed by atoms with Gasteiger partial charge in [-0.25, -0.2) is 4.98 Å². The minimum absolute atomic E-state index is 0.229. The molecule has 0 bridgehead atoms. The lowest BCUT2D eigenvalue weighted by Crippen LogP contribution is -2.07. The summed E-state index contributed by atoms with van der Waals surface area (Å²) in [6.45, 7) is 2.01. The van der Waals surface area contributed by atoms with Crippen LogP contribution in [0.3, 0.4) is 0 Å². The van der Waals surface area contributed by atoms with E-state index in [0.29, 0.717) is 34.2 Å². The Hall–Kier alpha value is -3.28. The Morgan fingerprint density at radius 1 is 1.17 bits per heavy atom. The van der Waals surface area contributed by atoms with Gasteiger partial charge in [0.2, 0.25) is 12.7 Å². The first-order valence-electron chi connectivity index (χ1n) is 7.43. The van der Waals surface area contributed by atoms with Crippen molar-refractivity contribution >= 4 is 28.8 Å². The molecule has 1 aromatic heterocycles. The van der Waals surface area contributed by atoms with E-state index in [2.05, 4.69) is 10.3 Å². The van der Waals surface area contributed by atoms with Crippen molar-refractivity contribution in [2.24, 2.45) is 0 Å². The summed E-state index contributed by atoms with van der Waals surface area (Å²) in [5.74, 6) is 1.76. The highest BCUT2D eigenvalue weighted by molar-refractivity contribution is 6.02. The molecular weight excluding hydrogens is 308 g/mol. The van der Waals surface area contributed by atoms with E-state index in [-0.39, 0.29) is 12.7 Å². The highest BCUT2D eigenvalue weighted by Crippen LogP contribution is 2.32. The van der Waals surface area contributed by atoms with E-state index in [1.807, 2.05) is 18.2 Å². The lowest BCUT2D eigenvalue weighted by atomic mass is 10.2. The van der Waals surface area contributed by atoms with Gasteiger partial charge in [0, 0.05) is 18.7 Å². The molecule has 1 aliphatic rings. The van der Waals surface area contributed by atoms with Gasteiger partial charge in [-0.3, -0.25) is 4.79 Å². The Bertz CT molecular complexity index is 959. The molecule has 2 heterocycles. The van der Waals surface area contributed by atoms with Crippen LogP contribution < -0.4 is 14.8 Å². The van der Waals surface area contributed by atoms with E-state index in [0.717, 1.165) is 5.56 Å². The molecule has 1 amide bonds. The van der Waals surface area contributed by atoms with Gasteiger partial charge in [-0.1, -0.05) is 6.07 Å². The molecule has 120 valence electrons. The number of amides is 1. The van der Waals surface area contributed by atoms with Crippen LogP contribution in [0.15, 0.2) is 46.9 Å². The number of carbonyl (C=O) groups excluding carboxylic acids is 1. The van der Waals surface area contributed by atoms with Crippen molar-refractivity contribution in [1.29, 1.82) is 0 Å². The Morgan fingerprint density at radius 3 is 2.96 bits per heavy atom. The topological polar surface area (TPSA) is 73.6 Å². The fourth-order valence-corrected chi connectivity index (χ4v) is 2.49. The second-order valence-corrected chi connectivity index (χ2v) is 5.35. The van der Waals surface area contributed by atoms with Gasteiger partial charge in [-0.2, -0.15) is 0 Å².